The van der Waals surface area contributed by atoms with Crippen LogP contribution in [0, 0.1) is 5.41 Å². The zero-order valence-corrected chi connectivity index (χ0v) is 16.6. The number of carbonyl (C=O) groups is 1. The molecule has 2 aliphatic rings. The minimum atomic E-state index is -0.645. The molecule has 0 unspecified atom stereocenters. The van der Waals surface area contributed by atoms with Crippen molar-refractivity contribution in [2.45, 2.75) is 44.4 Å². The molecule has 1 heterocycles. The molecule has 1 amide bonds. The third-order valence-electron chi connectivity index (χ3n) is 6.85. The molecule has 2 aliphatic carbocycles. The van der Waals surface area contributed by atoms with Crippen LogP contribution in [0.2, 0.25) is 10.0 Å². The number of aromatic nitrogens is 2. The first kappa shape index (κ1) is 17.0. The molecule has 25 heavy (non-hydrogen) atoms. The Morgan fingerprint density at radius 1 is 1.00 bits per heavy atom. The summed E-state index contributed by atoms with van der Waals surface area (Å²) in [7, 11) is 3.62. The summed E-state index contributed by atoms with van der Waals surface area (Å²) in [6, 6.07) is 3.50. The number of hydrogen-bond acceptors (Lipinski definition) is 3. The number of carbonyl (C=O) groups excluding carboxylic acids is 1. The van der Waals surface area contributed by atoms with Crippen molar-refractivity contribution in [2.75, 3.05) is 14.1 Å². The van der Waals surface area contributed by atoms with Crippen molar-refractivity contribution in [3.63, 3.8) is 0 Å². The molecular formula is C19H21Cl2N3O. The molecule has 6 heteroatoms. The molecule has 1 aromatic heterocycles. The van der Waals surface area contributed by atoms with Crippen molar-refractivity contribution in [1.29, 1.82) is 0 Å². The number of nitrogens with zero attached hydrogens (tertiary/aromatic N) is 3. The van der Waals surface area contributed by atoms with Crippen LogP contribution in [-0.2, 0) is 15.6 Å². The molecule has 132 valence electrons. The van der Waals surface area contributed by atoms with E-state index in [1.165, 1.54) is 0 Å². The fraction of sp³-hybridized carbons (Fsp3) is 0.526. The monoisotopic (exact) mass is 377 g/mol. The lowest BCUT2D eigenvalue weighted by Gasteiger charge is -2.40. The highest BCUT2D eigenvalue weighted by Crippen LogP contribution is 2.70. The third-order valence-corrected chi connectivity index (χ3v) is 7.57. The lowest BCUT2D eigenvalue weighted by atomic mass is 9.63. The van der Waals surface area contributed by atoms with Crippen LogP contribution in [0.4, 0.5) is 0 Å². The number of benzene rings is 1. The average Bonchev–Trinajstić information content (AvgIpc) is 2.82. The van der Waals surface area contributed by atoms with Gasteiger partial charge in [0.15, 0.2) is 0 Å². The maximum atomic E-state index is 13.3. The first-order valence-corrected chi connectivity index (χ1v) is 9.21. The summed E-state index contributed by atoms with van der Waals surface area (Å²) in [5.74, 6) is 0.105. The SMILES string of the molecule is CN(C)C(=O)[C@@]12CC[C@](C)(c3nc4cc(Cl)c(Cl)cc4nc31)C2(C)C. The van der Waals surface area contributed by atoms with Crippen LogP contribution in [0.1, 0.15) is 45.0 Å². The molecule has 2 atom stereocenters. The number of fused-ring (bicyclic) bond motifs is 6. The van der Waals surface area contributed by atoms with E-state index in [2.05, 4.69) is 20.8 Å². The Labute approximate surface area is 157 Å². The second-order valence-corrected chi connectivity index (χ2v) is 9.05. The van der Waals surface area contributed by atoms with Crippen LogP contribution >= 0.6 is 23.2 Å². The molecule has 2 bridgehead atoms. The van der Waals surface area contributed by atoms with Crippen LogP contribution in [0.25, 0.3) is 11.0 Å². The smallest absolute Gasteiger partial charge is 0.234 e. The first-order valence-electron chi connectivity index (χ1n) is 8.46. The van der Waals surface area contributed by atoms with E-state index in [0.717, 1.165) is 29.7 Å². The summed E-state index contributed by atoms with van der Waals surface area (Å²) >= 11 is 12.3. The second-order valence-electron chi connectivity index (χ2n) is 8.24. The molecule has 0 aliphatic heterocycles. The summed E-state index contributed by atoms with van der Waals surface area (Å²) in [5, 5.41) is 0.917. The maximum Gasteiger partial charge on any atom is 0.234 e. The van der Waals surface area contributed by atoms with Gasteiger partial charge in [-0.2, -0.15) is 0 Å². The zero-order valence-electron chi connectivity index (χ0n) is 15.1. The summed E-state index contributed by atoms with van der Waals surface area (Å²) < 4.78 is 0. The fourth-order valence-corrected chi connectivity index (χ4v) is 5.27. The molecule has 2 aromatic rings. The molecule has 1 aromatic carbocycles. The predicted molar refractivity (Wildman–Crippen MR) is 100 cm³/mol. The molecular weight excluding hydrogens is 357 g/mol. The van der Waals surface area contributed by atoms with Gasteiger partial charge in [0.1, 0.15) is 0 Å². The molecule has 0 radical (unpaired) electrons. The van der Waals surface area contributed by atoms with Gasteiger partial charge in [0.2, 0.25) is 5.91 Å². The maximum absolute atomic E-state index is 13.3. The third kappa shape index (κ3) is 1.77. The highest BCUT2D eigenvalue weighted by molar-refractivity contribution is 6.42. The van der Waals surface area contributed by atoms with E-state index in [1.54, 1.807) is 17.0 Å². The molecule has 4 nitrogen and oxygen atoms in total. The Bertz CT molecular complexity index is 940. The van der Waals surface area contributed by atoms with Gasteiger partial charge < -0.3 is 4.90 Å². The molecule has 4 rings (SSSR count). The Morgan fingerprint density at radius 3 is 2.04 bits per heavy atom. The van der Waals surface area contributed by atoms with E-state index in [9.17, 15) is 4.79 Å². The standard InChI is InChI=1S/C19H21Cl2N3O/c1-17(2)18(3)6-7-19(17,16(25)24(4)5)15-14(18)22-12-8-10(20)11(21)9-13(12)23-15/h8-9H,6-7H2,1-5H3/t18-,19-/m1/s1. The zero-order chi connectivity index (χ0) is 18.4. The molecule has 1 saturated carbocycles. The minimum absolute atomic E-state index is 0.105. The van der Waals surface area contributed by atoms with Gasteiger partial charge in [0.25, 0.3) is 0 Å². The normalized spacial score (nSPS) is 29.1. The van der Waals surface area contributed by atoms with E-state index in [0.29, 0.717) is 15.6 Å². The molecule has 0 N–H and O–H groups in total. The summed E-state index contributed by atoms with van der Waals surface area (Å²) in [6.07, 6.45) is 1.72. The Kier molecular flexibility index (Phi) is 3.31. The Balaban J connectivity index is 2.10. The topological polar surface area (TPSA) is 46.1 Å². The lowest BCUT2D eigenvalue weighted by molar-refractivity contribution is -0.138. The van der Waals surface area contributed by atoms with Crippen molar-refractivity contribution in [2.24, 2.45) is 5.41 Å². The number of halogens is 2. The number of amides is 1. The second kappa shape index (κ2) is 4.86. The lowest BCUT2D eigenvalue weighted by Crippen LogP contribution is -2.50. The highest BCUT2D eigenvalue weighted by atomic mass is 35.5. The van der Waals surface area contributed by atoms with E-state index >= 15 is 0 Å². The van der Waals surface area contributed by atoms with Gasteiger partial charge in [-0.15, -0.1) is 0 Å². The summed E-state index contributed by atoms with van der Waals surface area (Å²) in [5.41, 5.74) is 2.06. The molecule has 0 spiro atoms. The van der Waals surface area contributed by atoms with E-state index in [4.69, 9.17) is 33.2 Å². The summed E-state index contributed by atoms with van der Waals surface area (Å²) in [6.45, 7) is 6.56. The van der Waals surface area contributed by atoms with Crippen LogP contribution in [-0.4, -0.2) is 34.9 Å². The number of hydrogen-bond donors (Lipinski definition) is 0. The first-order chi connectivity index (χ1) is 11.6. The number of likely N-dealkylation sites (N-methyl/N-ethyl adjacent to an activating group) is 1. The Hall–Kier alpha value is -1.39. The van der Waals surface area contributed by atoms with E-state index < -0.39 is 5.41 Å². The van der Waals surface area contributed by atoms with Gasteiger partial charge in [0.05, 0.1) is 37.9 Å². The Morgan fingerprint density at radius 2 is 1.52 bits per heavy atom. The van der Waals surface area contributed by atoms with Crippen LogP contribution in [0.15, 0.2) is 12.1 Å². The van der Waals surface area contributed by atoms with Gasteiger partial charge in [0, 0.05) is 19.5 Å². The summed E-state index contributed by atoms with van der Waals surface area (Å²) in [4.78, 5) is 24.8. The quantitative estimate of drug-likeness (QED) is 0.741. The van der Waals surface area contributed by atoms with Crippen LogP contribution in [0.5, 0.6) is 0 Å². The van der Waals surface area contributed by atoms with Gasteiger partial charge in [-0.3, -0.25) is 4.79 Å². The van der Waals surface area contributed by atoms with Crippen molar-refractivity contribution >= 4 is 40.1 Å². The highest BCUT2D eigenvalue weighted by Gasteiger charge is 2.73. The van der Waals surface area contributed by atoms with Crippen molar-refractivity contribution < 1.29 is 4.79 Å². The predicted octanol–water partition coefficient (Wildman–Crippen LogP) is 4.35. The van der Waals surface area contributed by atoms with Crippen molar-refractivity contribution in [3.8, 4) is 0 Å². The van der Waals surface area contributed by atoms with Crippen LogP contribution < -0.4 is 0 Å². The van der Waals surface area contributed by atoms with Gasteiger partial charge in [-0.1, -0.05) is 44.0 Å². The molecule has 0 saturated heterocycles. The number of rotatable bonds is 1. The van der Waals surface area contributed by atoms with Crippen molar-refractivity contribution in [3.05, 3.63) is 33.6 Å². The largest absolute Gasteiger partial charge is 0.348 e. The fourth-order valence-electron chi connectivity index (χ4n) is 4.95. The minimum Gasteiger partial charge on any atom is -0.348 e. The van der Waals surface area contributed by atoms with Gasteiger partial charge in [-0.05, 0) is 30.4 Å². The average molecular weight is 378 g/mol. The van der Waals surface area contributed by atoms with Crippen molar-refractivity contribution in [1.82, 2.24) is 14.9 Å². The molecule has 1 fully saturated rings. The van der Waals surface area contributed by atoms with Gasteiger partial charge in [-0.25, -0.2) is 9.97 Å². The van der Waals surface area contributed by atoms with Gasteiger partial charge >= 0.3 is 0 Å². The van der Waals surface area contributed by atoms with E-state index in [1.807, 2.05) is 14.1 Å². The van der Waals surface area contributed by atoms with E-state index in [-0.39, 0.29) is 16.7 Å². The van der Waals surface area contributed by atoms with Crippen LogP contribution in [0.3, 0.4) is 0 Å².